The molecule has 172 valence electrons. The Hall–Kier alpha value is -3.37. The Balaban J connectivity index is 0.000000360. The van der Waals surface area contributed by atoms with Crippen LogP contribution >= 0.6 is 0 Å². The summed E-state index contributed by atoms with van der Waals surface area (Å²) in [5.41, 5.74) is 0.891. The number of anilines is 1. The number of rotatable bonds is 2. The van der Waals surface area contributed by atoms with Gasteiger partial charge in [-0.05, 0) is 12.1 Å². The van der Waals surface area contributed by atoms with E-state index in [0.717, 1.165) is 43.7 Å². The molecule has 2 aromatic rings. The van der Waals surface area contributed by atoms with Crippen molar-refractivity contribution in [2.45, 2.75) is 44.0 Å². The molecule has 1 amide bonds. The van der Waals surface area contributed by atoms with Gasteiger partial charge in [0.05, 0.1) is 6.04 Å². The number of carbonyl (C=O) groups is 2. The molecule has 8 nitrogen and oxygen atoms in total. The monoisotopic (exact) mass is 452 g/mol. The van der Waals surface area contributed by atoms with Crippen LogP contribution in [0.15, 0.2) is 42.7 Å². The number of alkyl halides is 3. The van der Waals surface area contributed by atoms with Gasteiger partial charge in [-0.3, -0.25) is 4.79 Å². The van der Waals surface area contributed by atoms with Crippen LogP contribution in [-0.4, -0.2) is 56.7 Å². The van der Waals surface area contributed by atoms with E-state index in [1.807, 2.05) is 29.2 Å². The molecule has 2 aliphatic heterocycles. The molecule has 1 saturated heterocycles. The van der Waals surface area contributed by atoms with E-state index < -0.39 is 12.1 Å². The zero-order valence-corrected chi connectivity index (χ0v) is 17.3. The lowest BCUT2D eigenvalue weighted by Crippen LogP contribution is -2.52. The number of fused-ring (bicyclic) bond motifs is 1. The lowest BCUT2D eigenvalue weighted by Gasteiger charge is -2.46. The molecular formula is C21H23F3N4O4. The van der Waals surface area contributed by atoms with Gasteiger partial charge in [-0.25, -0.2) is 14.8 Å². The van der Waals surface area contributed by atoms with Crippen molar-refractivity contribution in [2.75, 3.05) is 18.4 Å². The number of nitrogens with zero attached hydrogens (tertiary/aromatic N) is 3. The highest BCUT2D eigenvalue weighted by Crippen LogP contribution is 2.45. The maximum atomic E-state index is 11.6. The summed E-state index contributed by atoms with van der Waals surface area (Å²) in [5, 5.41) is 10.6. The largest absolute Gasteiger partial charge is 0.490 e. The first kappa shape index (κ1) is 23.3. The number of aromatic nitrogens is 2. The Labute approximate surface area is 182 Å². The van der Waals surface area contributed by atoms with Crippen LogP contribution in [0, 0.1) is 0 Å². The normalized spacial score (nSPS) is 19.1. The summed E-state index contributed by atoms with van der Waals surface area (Å²) in [5.74, 6) is -1.08. The molecule has 2 aliphatic rings. The summed E-state index contributed by atoms with van der Waals surface area (Å²) in [6, 6.07) is 10.0. The van der Waals surface area contributed by atoms with Crippen LogP contribution in [0.2, 0.25) is 0 Å². The van der Waals surface area contributed by atoms with E-state index in [4.69, 9.17) is 14.6 Å². The molecule has 11 heteroatoms. The zero-order chi connectivity index (χ0) is 23.4. The Morgan fingerprint density at radius 3 is 2.31 bits per heavy atom. The predicted molar refractivity (Wildman–Crippen MR) is 108 cm³/mol. The summed E-state index contributed by atoms with van der Waals surface area (Å²) < 4.78 is 38.2. The number of para-hydroxylation sites is 1. The van der Waals surface area contributed by atoms with Gasteiger partial charge in [0.15, 0.2) is 0 Å². The van der Waals surface area contributed by atoms with E-state index in [0.29, 0.717) is 5.95 Å². The average Bonchev–Trinajstić information content (AvgIpc) is 2.74. The number of nitrogens with one attached hydrogen (secondary N) is 1. The number of hydrogen-bond donors (Lipinski definition) is 2. The minimum Gasteiger partial charge on any atom is -0.487 e. The minimum absolute atomic E-state index is 0.0937. The van der Waals surface area contributed by atoms with Crippen LogP contribution in [0.5, 0.6) is 5.75 Å². The SMILES string of the molecule is CC(=O)N1CCC2(CC1)CC(Nc1ncccn1)c1ccccc1O2.O=C(O)C(F)(F)F. The number of benzene rings is 1. The fourth-order valence-electron chi connectivity index (χ4n) is 3.81. The van der Waals surface area contributed by atoms with Gasteiger partial charge in [-0.2, -0.15) is 13.2 Å². The van der Waals surface area contributed by atoms with Crippen molar-refractivity contribution in [3.8, 4) is 5.75 Å². The van der Waals surface area contributed by atoms with E-state index in [1.54, 1.807) is 19.3 Å². The van der Waals surface area contributed by atoms with Gasteiger partial charge in [0, 0.05) is 57.2 Å². The van der Waals surface area contributed by atoms with Crippen molar-refractivity contribution in [2.24, 2.45) is 0 Å². The van der Waals surface area contributed by atoms with Crippen molar-refractivity contribution in [3.63, 3.8) is 0 Å². The molecule has 4 rings (SSSR count). The van der Waals surface area contributed by atoms with Gasteiger partial charge in [-0.15, -0.1) is 0 Å². The van der Waals surface area contributed by atoms with Gasteiger partial charge < -0.3 is 20.1 Å². The third-order valence-corrected chi connectivity index (χ3v) is 5.43. The molecular weight excluding hydrogens is 429 g/mol. The third-order valence-electron chi connectivity index (χ3n) is 5.43. The molecule has 0 radical (unpaired) electrons. The van der Waals surface area contributed by atoms with Crippen LogP contribution in [-0.2, 0) is 9.59 Å². The molecule has 1 atom stereocenters. The van der Waals surface area contributed by atoms with Crippen molar-refractivity contribution in [1.29, 1.82) is 0 Å². The van der Waals surface area contributed by atoms with E-state index in [2.05, 4.69) is 21.4 Å². The first-order valence-electron chi connectivity index (χ1n) is 9.97. The van der Waals surface area contributed by atoms with E-state index in [1.165, 1.54) is 0 Å². The topological polar surface area (TPSA) is 105 Å². The first-order valence-corrected chi connectivity index (χ1v) is 9.97. The molecule has 0 aliphatic carbocycles. The number of piperidine rings is 1. The lowest BCUT2D eigenvalue weighted by molar-refractivity contribution is -0.192. The maximum Gasteiger partial charge on any atom is 0.490 e. The summed E-state index contributed by atoms with van der Waals surface area (Å²) in [6.07, 6.45) is 0.918. The minimum atomic E-state index is -5.08. The van der Waals surface area contributed by atoms with Crippen LogP contribution in [0.4, 0.5) is 19.1 Å². The number of aliphatic carboxylic acids is 1. The second-order valence-electron chi connectivity index (χ2n) is 7.61. The van der Waals surface area contributed by atoms with Crippen LogP contribution in [0.3, 0.4) is 0 Å². The maximum absolute atomic E-state index is 11.6. The number of ether oxygens (including phenoxy) is 1. The van der Waals surface area contributed by atoms with Crippen molar-refractivity contribution >= 4 is 17.8 Å². The molecule has 1 fully saturated rings. The fourth-order valence-corrected chi connectivity index (χ4v) is 3.81. The Bertz CT molecular complexity index is 948. The molecule has 3 heterocycles. The lowest BCUT2D eigenvalue weighted by atomic mass is 9.80. The standard InChI is InChI=1S/C19H22N4O2.C2HF3O2/c1-14(24)23-11-7-19(8-12-23)13-16(22-18-20-9-4-10-21-18)15-5-2-3-6-17(15)25-19;3-2(4,5)1(6)7/h2-6,9-10,16H,7-8,11-13H2,1H3,(H,20,21,22);(H,6,7). The average molecular weight is 452 g/mol. The first-order chi connectivity index (χ1) is 15.1. The van der Waals surface area contributed by atoms with Crippen molar-refractivity contribution in [1.82, 2.24) is 14.9 Å². The van der Waals surface area contributed by atoms with Gasteiger partial charge in [0.2, 0.25) is 11.9 Å². The van der Waals surface area contributed by atoms with E-state index in [9.17, 15) is 18.0 Å². The summed E-state index contributed by atoms with van der Waals surface area (Å²) >= 11 is 0. The molecule has 2 N–H and O–H groups in total. The highest BCUT2D eigenvalue weighted by atomic mass is 19.4. The Morgan fingerprint density at radius 2 is 1.75 bits per heavy atom. The van der Waals surface area contributed by atoms with Gasteiger partial charge in [0.1, 0.15) is 11.4 Å². The number of carboxylic acid groups (broad SMARTS) is 1. The summed E-state index contributed by atoms with van der Waals surface area (Å²) in [7, 11) is 0. The van der Waals surface area contributed by atoms with Gasteiger partial charge in [0.25, 0.3) is 0 Å². The summed E-state index contributed by atoms with van der Waals surface area (Å²) in [4.78, 5) is 31.0. The van der Waals surface area contributed by atoms with E-state index >= 15 is 0 Å². The number of carbonyl (C=O) groups excluding carboxylic acids is 1. The zero-order valence-electron chi connectivity index (χ0n) is 17.3. The fraction of sp³-hybridized carbons (Fsp3) is 0.429. The molecule has 1 unspecified atom stereocenters. The molecule has 0 saturated carbocycles. The number of halogens is 3. The number of hydrogen-bond acceptors (Lipinski definition) is 6. The van der Waals surface area contributed by atoms with Gasteiger partial charge >= 0.3 is 12.1 Å². The predicted octanol–water partition coefficient (Wildman–Crippen LogP) is 3.43. The number of likely N-dealkylation sites (tertiary alicyclic amines) is 1. The molecule has 1 aromatic carbocycles. The second-order valence-corrected chi connectivity index (χ2v) is 7.61. The quantitative estimate of drug-likeness (QED) is 0.719. The van der Waals surface area contributed by atoms with E-state index in [-0.39, 0.29) is 17.6 Å². The van der Waals surface area contributed by atoms with Crippen LogP contribution in [0.1, 0.15) is 37.8 Å². The number of amides is 1. The van der Waals surface area contributed by atoms with Crippen LogP contribution < -0.4 is 10.1 Å². The molecule has 32 heavy (non-hydrogen) atoms. The summed E-state index contributed by atoms with van der Waals surface area (Å²) in [6.45, 7) is 3.12. The Kier molecular flexibility index (Phi) is 6.85. The van der Waals surface area contributed by atoms with Gasteiger partial charge in [-0.1, -0.05) is 18.2 Å². The third kappa shape index (κ3) is 5.65. The van der Waals surface area contributed by atoms with Crippen molar-refractivity contribution in [3.05, 3.63) is 48.3 Å². The highest BCUT2D eigenvalue weighted by Gasteiger charge is 2.43. The van der Waals surface area contributed by atoms with Crippen molar-refractivity contribution < 1.29 is 32.6 Å². The van der Waals surface area contributed by atoms with Crippen LogP contribution in [0.25, 0.3) is 0 Å². The molecule has 1 aromatic heterocycles. The number of carboxylic acids is 1. The second kappa shape index (κ2) is 9.41. The highest BCUT2D eigenvalue weighted by molar-refractivity contribution is 5.73. The molecule has 0 bridgehead atoms. The Morgan fingerprint density at radius 1 is 1.16 bits per heavy atom. The molecule has 1 spiro atoms. The smallest absolute Gasteiger partial charge is 0.487 e.